The monoisotopic (exact) mass is 337 g/mol. The van der Waals surface area contributed by atoms with Crippen LogP contribution in [0.1, 0.15) is 33.0 Å². The standard InChI is InChI=1S/C18H19N5O2/c1-12-8-13(2)23(22-12)11-15-5-3-4-14(9-15)10-19-18(25)16-6-7-17(24)21-20-16/h3-9H,10-11H2,1-2H3,(H,19,25)(H,21,24). The predicted molar refractivity (Wildman–Crippen MR) is 93.3 cm³/mol. The SMILES string of the molecule is Cc1cc(C)n(Cc2cccc(CNC(=O)c3ccc(=O)[nH]n3)c2)n1. The zero-order chi connectivity index (χ0) is 17.8. The minimum absolute atomic E-state index is 0.179. The molecule has 0 spiro atoms. The second-order valence-corrected chi connectivity index (χ2v) is 5.89. The number of hydrogen-bond acceptors (Lipinski definition) is 4. The number of rotatable bonds is 5. The Bertz CT molecular complexity index is 938. The zero-order valence-corrected chi connectivity index (χ0v) is 14.1. The smallest absolute Gasteiger partial charge is 0.271 e. The maximum Gasteiger partial charge on any atom is 0.271 e. The number of H-pyrrole nitrogens is 1. The number of aromatic nitrogens is 4. The summed E-state index contributed by atoms with van der Waals surface area (Å²) >= 11 is 0. The van der Waals surface area contributed by atoms with Crippen LogP contribution in [-0.2, 0) is 13.1 Å². The Morgan fingerprint density at radius 2 is 1.96 bits per heavy atom. The fourth-order valence-electron chi connectivity index (χ4n) is 2.59. The highest BCUT2D eigenvalue weighted by molar-refractivity contribution is 5.91. The van der Waals surface area contributed by atoms with Crippen LogP contribution in [0.2, 0.25) is 0 Å². The van der Waals surface area contributed by atoms with Crippen molar-refractivity contribution in [1.82, 2.24) is 25.3 Å². The van der Waals surface area contributed by atoms with Crippen LogP contribution in [0.5, 0.6) is 0 Å². The van der Waals surface area contributed by atoms with Gasteiger partial charge in [-0.3, -0.25) is 14.3 Å². The highest BCUT2D eigenvalue weighted by Crippen LogP contribution is 2.10. The average molecular weight is 337 g/mol. The summed E-state index contributed by atoms with van der Waals surface area (Å²) in [6, 6.07) is 12.7. The summed E-state index contributed by atoms with van der Waals surface area (Å²) in [6.45, 7) is 5.06. The third kappa shape index (κ3) is 4.20. The van der Waals surface area contributed by atoms with Crippen LogP contribution in [0.3, 0.4) is 0 Å². The van der Waals surface area contributed by atoms with Crippen molar-refractivity contribution in [2.75, 3.05) is 0 Å². The largest absolute Gasteiger partial charge is 0.347 e. The van der Waals surface area contributed by atoms with E-state index in [1.54, 1.807) is 0 Å². The molecule has 0 aliphatic carbocycles. The predicted octanol–water partition coefficient (Wildman–Crippen LogP) is 1.56. The van der Waals surface area contributed by atoms with Crippen LogP contribution in [0.25, 0.3) is 0 Å². The molecule has 0 fully saturated rings. The molecule has 0 saturated heterocycles. The van der Waals surface area contributed by atoms with Gasteiger partial charge in [-0.15, -0.1) is 0 Å². The quantitative estimate of drug-likeness (QED) is 0.739. The molecule has 1 amide bonds. The molecule has 7 heteroatoms. The number of carbonyl (C=O) groups is 1. The Labute approximate surface area is 144 Å². The number of aromatic amines is 1. The Balaban J connectivity index is 1.65. The number of carbonyl (C=O) groups excluding carboxylic acids is 1. The molecule has 7 nitrogen and oxygen atoms in total. The number of amides is 1. The van der Waals surface area contributed by atoms with Gasteiger partial charge in [0.2, 0.25) is 0 Å². The summed E-state index contributed by atoms with van der Waals surface area (Å²) in [5.74, 6) is -0.333. The van der Waals surface area contributed by atoms with E-state index in [2.05, 4.69) is 20.6 Å². The van der Waals surface area contributed by atoms with E-state index < -0.39 is 0 Å². The molecule has 3 aromatic rings. The van der Waals surface area contributed by atoms with E-state index in [-0.39, 0.29) is 17.2 Å². The van der Waals surface area contributed by atoms with Crippen LogP contribution in [0.4, 0.5) is 0 Å². The van der Waals surface area contributed by atoms with Gasteiger partial charge in [0.15, 0.2) is 0 Å². The summed E-state index contributed by atoms with van der Waals surface area (Å²) in [4.78, 5) is 23.0. The highest BCUT2D eigenvalue weighted by Gasteiger charge is 2.07. The van der Waals surface area contributed by atoms with Gasteiger partial charge in [0.1, 0.15) is 5.69 Å². The van der Waals surface area contributed by atoms with E-state index in [0.717, 1.165) is 22.5 Å². The first kappa shape index (κ1) is 16.6. The molecule has 0 bridgehead atoms. The maximum absolute atomic E-state index is 12.0. The molecule has 0 atom stereocenters. The molecular weight excluding hydrogens is 318 g/mol. The molecule has 3 rings (SSSR count). The number of nitrogens with zero attached hydrogens (tertiary/aromatic N) is 3. The van der Waals surface area contributed by atoms with Crippen molar-refractivity contribution in [3.8, 4) is 0 Å². The van der Waals surface area contributed by atoms with E-state index in [1.807, 2.05) is 48.9 Å². The molecule has 1 aromatic carbocycles. The van der Waals surface area contributed by atoms with Gasteiger partial charge in [-0.2, -0.15) is 10.2 Å². The lowest BCUT2D eigenvalue weighted by molar-refractivity contribution is 0.0945. The van der Waals surface area contributed by atoms with Crippen molar-refractivity contribution in [2.45, 2.75) is 26.9 Å². The van der Waals surface area contributed by atoms with Crippen LogP contribution >= 0.6 is 0 Å². The molecule has 0 aliphatic heterocycles. The van der Waals surface area contributed by atoms with Gasteiger partial charge in [0.05, 0.1) is 12.2 Å². The van der Waals surface area contributed by atoms with Crippen LogP contribution in [0.15, 0.2) is 47.3 Å². The van der Waals surface area contributed by atoms with Crippen molar-refractivity contribution in [2.24, 2.45) is 0 Å². The van der Waals surface area contributed by atoms with Gasteiger partial charge in [0.25, 0.3) is 11.5 Å². The molecule has 2 heterocycles. The van der Waals surface area contributed by atoms with E-state index in [4.69, 9.17) is 0 Å². The molecule has 2 N–H and O–H groups in total. The van der Waals surface area contributed by atoms with Crippen LogP contribution < -0.4 is 10.9 Å². The lowest BCUT2D eigenvalue weighted by Crippen LogP contribution is -2.25. The van der Waals surface area contributed by atoms with Crippen molar-refractivity contribution < 1.29 is 4.79 Å². The Hall–Kier alpha value is -3.22. The first-order valence-electron chi connectivity index (χ1n) is 7.94. The Kier molecular flexibility index (Phi) is 4.74. The highest BCUT2D eigenvalue weighted by atomic mass is 16.2. The molecular formula is C18H19N5O2. The van der Waals surface area contributed by atoms with E-state index in [1.165, 1.54) is 12.1 Å². The van der Waals surface area contributed by atoms with E-state index in [9.17, 15) is 9.59 Å². The molecule has 0 radical (unpaired) electrons. The number of aryl methyl sites for hydroxylation is 2. The zero-order valence-electron chi connectivity index (χ0n) is 14.1. The number of nitrogens with one attached hydrogen (secondary N) is 2. The first-order chi connectivity index (χ1) is 12.0. The van der Waals surface area contributed by atoms with Crippen molar-refractivity contribution in [3.63, 3.8) is 0 Å². The van der Waals surface area contributed by atoms with E-state index in [0.29, 0.717) is 13.1 Å². The third-order valence-corrected chi connectivity index (χ3v) is 3.79. The molecule has 0 saturated carbocycles. The minimum atomic E-state index is -0.339. The summed E-state index contributed by atoms with van der Waals surface area (Å²) in [5, 5.41) is 13.2. The fraction of sp³-hybridized carbons (Fsp3) is 0.222. The van der Waals surface area contributed by atoms with E-state index >= 15 is 0 Å². The van der Waals surface area contributed by atoms with Gasteiger partial charge in [-0.05, 0) is 37.1 Å². The molecule has 128 valence electrons. The van der Waals surface area contributed by atoms with Gasteiger partial charge >= 0.3 is 0 Å². The lowest BCUT2D eigenvalue weighted by atomic mass is 10.1. The Morgan fingerprint density at radius 3 is 2.64 bits per heavy atom. The van der Waals surface area contributed by atoms with Crippen LogP contribution in [0, 0.1) is 13.8 Å². The summed E-state index contributed by atoms with van der Waals surface area (Å²) in [6.07, 6.45) is 0. The maximum atomic E-state index is 12.0. The topological polar surface area (TPSA) is 92.7 Å². The van der Waals surface area contributed by atoms with Gasteiger partial charge < -0.3 is 5.32 Å². The number of benzene rings is 1. The number of hydrogen-bond donors (Lipinski definition) is 2. The van der Waals surface area contributed by atoms with Gasteiger partial charge in [-0.25, -0.2) is 5.10 Å². The summed E-state index contributed by atoms with van der Waals surface area (Å²) < 4.78 is 1.96. The lowest BCUT2D eigenvalue weighted by Gasteiger charge is -2.08. The summed E-state index contributed by atoms with van der Waals surface area (Å²) in [7, 11) is 0. The Morgan fingerprint density at radius 1 is 1.16 bits per heavy atom. The minimum Gasteiger partial charge on any atom is -0.347 e. The normalized spacial score (nSPS) is 10.6. The van der Waals surface area contributed by atoms with Gasteiger partial charge in [0, 0.05) is 18.3 Å². The van der Waals surface area contributed by atoms with Crippen molar-refractivity contribution in [1.29, 1.82) is 0 Å². The summed E-state index contributed by atoms with van der Waals surface area (Å²) in [5.41, 5.74) is 4.04. The fourth-order valence-corrected chi connectivity index (χ4v) is 2.59. The van der Waals surface area contributed by atoms with Crippen molar-refractivity contribution >= 4 is 5.91 Å². The molecule has 2 aromatic heterocycles. The van der Waals surface area contributed by atoms with Gasteiger partial charge in [-0.1, -0.05) is 24.3 Å². The van der Waals surface area contributed by atoms with Crippen molar-refractivity contribution in [3.05, 3.63) is 81.0 Å². The van der Waals surface area contributed by atoms with Crippen LogP contribution in [-0.4, -0.2) is 25.9 Å². The average Bonchev–Trinajstić information content (AvgIpc) is 2.91. The third-order valence-electron chi connectivity index (χ3n) is 3.79. The second kappa shape index (κ2) is 7.12. The molecule has 0 aliphatic rings. The molecule has 0 unspecified atom stereocenters. The first-order valence-corrected chi connectivity index (χ1v) is 7.94. The molecule has 25 heavy (non-hydrogen) atoms. The second-order valence-electron chi connectivity index (χ2n) is 5.89.